The van der Waals surface area contributed by atoms with Crippen LogP contribution in [0.3, 0.4) is 0 Å². The maximum atomic E-state index is 10.3. The minimum absolute atomic E-state index is 0.228. The lowest BCUT2D eigenvalue weighted by atomic mass is 10.00. The number of nitrogens with one attached hydrogen (secondary N) is 2. The van der Waals surface area contributed by atoms with E-state index < -0.39 is 0 Å². The largest absolute Gasteiger partial charge is 0.507 e. The maximum Gasteiger partial charge on any atom is 0.122 e. The molecule has 5 rings (SSSR count). The summed E-state index contributed by atoms with van der Waals surface area (Å²) >= 11 is 1.79. The third kappa shape index (κ3) is 4.65. The van der Waals surface area contributed by atoms with Gasteiger partial charge < -0.3 is 15.8 Å². The molecule has 0 bridgehead atoms. The van der Waals surface area contributed by atoms with E-state index >= 15 is 0 Å². The number of allylic oxidation sites excluding steroid dienone is 3. The molecule has 4 heteroatoms. The van der Waals surface area contributed by atoms with Gasteiger partial charge in [0.15, 0.2) is 0 Å². The molecule has 3 N–H and O–H groups in total. The van der Waals surface area contributed by atoms with Crippen LogP contribution in [0, 0.1) is 5.41 Å². The van der Waals surface area contributed by atoms with Crippen LogP contribution < -0.4 is 5.32 Å². The van der Waals surface area contributed by atoms with Crippen LogP contribution in [0.4, 0.5) is 11.4 Å². The molecule has 5 aromatic rings. The first-order chi connectivity index (χ1) is 17.2. The number of anilines is 2. The number of para-hydroxylation sites is 1. The normalized spacial score (nSPS) is 11.5. The van der Waals surface area contributed by atoms with Crippen molar-refractivity contribution in [3.05, 3.63) is 115 Å². The van der Waals surface area contributed by atoms with Crippen molar-refractivity contribution < 1.29 is 5.11 Å². The summed E-state index contributed by atoms with van der Waals surface area (Å²) in [5.41, 5.74) is 6.00. The van der Waals surface area contributed by atoms with Gasteiger partial charge in [-0.3, -0.25) is 0 Å². The highest BCUT2D eigenvalue weighted by molar-refractivity contribution is 7.25. The topological polar surface area (TPSA) is 56.1 Å². The Labute approximate surface area is 208 Å². The van der Waals surface area contributed by atoms with Gasteiger partial charge in [0.1, 0.15) is 5.75 Å². The SMILES string of the molecule is C=Cc1ccccc1Nc1ccc2sc3ccc(-c4ccc(O)c(/C=C/C=C\C=N)c4)cc3c2c1. The maximum absolute atomic E-state index is 10.3. The van der Waals surface area contributed by atoms with Crippen molar-refractivity contribution in [3.63, 3.8) is 0 Å². The lowest BCUT2D eigenvalue weighted by Crippen LogP contribution is -1.92. The van der Waals surface area contributed by atoms with Crippen molar-refractivity contribution in [2.45, 2.75) is 0 Å². The van der Waals surface area contributed by atoms with Gasteiger partial charge in [-0.2, -0.15) is 0 Å². The van der Waals surface area contributed by atoms with Crippen molar-refractivity contribution in [1.82, 2.24) is 0 Å². The summed E-state index contributed by atoms with van der Waals surface area (Å²) in [6.45, 7) is 3.92. The van der Waals surface area contributed by atoms with E-state index in [1.807, 2.05) is 48.6 Å². The number of benzene rings is 4. The molecule has 1 aromatic heterocycles. The molecule has 4 aromatic carbocycles. The Morgan fingerprint density at radius 2 is 1.51 bits per heavy atom. The zero-order valence-electron chi connectivity index (χ0n) is 19.0. The van der Waals surface area contributed by atoms with Gasteiger partial charge in [0, 0.05) is 43.3 Å². The zero-order chi connectivity index (χ0) is 24.2. The molecule has 0 amide bonds. The average Bonchev–Trinajstić information content (AvgIpc) is 3.25. The smallest absolute Gasteiger partial charge is 0.122 e. The number of aromatic hydroxyl groups is 1. The van der Waals surface area contributed by atoms with E-state index in [1.165, 1.54) is 26.4 Å². The number of phenols is 1. The number of fused-ring (bicyclic) bond motifs is 3. The molecule has 0 aliphatic carbocycles. The fourth-order valence-corrected chi connectivity index (χ4v) is 5.19. The van der Waals surface area contributed by atoms with E-state index in [1.54, 1.807) is 29.6 Å². The Morgan fingerprint density at radius 1 is 0.771 bits per heavy atom. The number of rotatable bonds is 7. The second kappa shape index (κ2) is 9.84. The molecule has 0 fully saturated rings. The molecule has 0 atom stereocenters. The van der Waals surface area contributed by atoms with Crippen LogP contribution >= 0.6 is 11.3 Å². The summed E-state index contributed by atoms with van der Waals surface area (Å²) in [6, 6.07) is 26.8. The first-order valence-electron chi connectivity index (χ1n) is 11.3. The number of hydrogen-bond donors (Lipinski definition) is 3. The fraction of sp³-hybridized carbons (Fsp3) is 0. The minimum atomic E-state index is 0.228. The molecule has 1 heterocycles. The Morgan fingerprint density at radius 3 is 2.34 bits per heavy atom. The number of hydrogen-bond acceptors (Lipinski definition) is 4. The zero-order valence-corrected chi connectivity index (χ0v) is 19.8. The Bertz CT molecular complexity index is 1620. The van der Waals surface area contributed by atoms with E-state index in [2.05, 4.69) is 54.4 Å². The molecule has 0 aliphatic heterocycles. The first-order valence-corrected chi connectivity index (χ1v) is 12.1. The van der Waals surface area contributed by atoms with Gasteiger partial charge in [0.2, 0.25) is 0 Å². The van der Waals surface area contributed by atoms with Crippen LogP contribution in [-0.4, -0.2) is 11.3 Å². The summed E-state index contributed by atoms with van der Waals surface area (Å²) in [7, 11) is 0. The monoisotopic (exact) mass is 472 g/mol. The molecule has 0 spiro atoms. The van der Waals surface area contributed by atoms with Crippen molar-refractivity contribution >= 4 is 61.3 Å². The quantitative estimate of drug-likeness (QED) is 0.163. The molecular formula is C31H24N2OS. The average molecular weight is 473 g/mol. The molecule has 0 saturated heterocycles. The number of phenolic OH excluding ortho intramolecular Hbond substituents is 1. The van der Waals surface area contributed by atoms with Crippen molar-refractivity contribution in [3.8, 4) is 16.9 Å². The van der Waals surface area contributed by atoms with Gasteiger partial charge in [0.05, 0.1) is 0 Å². The highest BCUT2D eigenvalue weighted by Crippen LogP contribution is 2.39. The van der Waals surface area contributed by atoms with Crippen molar-refractivity contribution in [2.75, 3.05) is 5.32 Å². The lowest BCUT2D eigenvalue weighted by molar-refractivity contribution is 0.474. The van der Waals surface area contributed by atoms with E-state index in [9.17, 15) is 5.11 Å². The second-order valence-corrected chi connectivity index (χ2v) is 9.21. The third-order valence-corrected chi connectivity index (χ3v) is 7.04. The summed E-state index contributed by atoms with van der Waals surface area (Å²) in [6.07, 6.45) is 10.1. The molecule has 0 unspecified atom stereocenters. The molecule has 0 aliphatic rings. The van der Waals surface area contributed by atoms with Crippen LogP contribution in [-0.2, 0) is 0 Å². The molecule has 0 saturated carbocycles. The molecule has 35 heavy (non-hydrogen) atoms. The van der Waals surface area contributed by atoms with E-state index in [4.69, 9.17) is 5.41 Å². The summed E-state index contributed by atoms with van der Waals surface area (Å²) in [4.78, 5) is 0. The molecule has 170 valence electrons. The van der Waals surface area contributed by atoms with E-state index in [0.29, 0.717) is 0 Å². The molecule has 0 radical (unpaired) electrons. The Kier molecular flexibility index (Phi) is 6.29. The minimum Gasteiger partial charge on any atom is -0.507 e. The van der Waals surface area contributed by atoms with Gasteiger partial charge in [-0.25, -0.2) is 0 Å². The summed E-state index contributed by atoms with van der Waals surface area (Å²) in [5.74, 6) is 0.228. The fourth-order valence-electron chi connectivity index (χ4n) is 4.13. The van der Waals surface area contributed by atoms with Gasteiger partial charge >= 0.3 is 0 Å². The van der Waals surface area contributed by atoms with Crippen LogP contribution in [0.5, 0.6) is 5.75 Å². The highest BCUT2D eigenvalue weighted by Gasteiger charge is 2.10. The van der Waals surface area contributed by atoms with Crippen LogP contribution in [0.25, 0.3) is 43.5 Å². The van der Waals surface area contributed by atoms with Gasteiger partial charge in [-0.05, 0) is 71.3 Å². The van der Waals surface area contributed by atoms with E-state index in [-0.39, 0.29) is 5.75 Å². The predicted molar refractivity (Wildman–Crippen MR) is 153 cm³/mol. The van der Waals surface area contributed by atoms with E-state index in [0.717, 1.165) is 33.6 Å². The summed E-state index contributed by atoms with van der Waals surface area (Å²) in [5, 5.41) is 23.3. The van der Waals surface area contributed by atoms with Crippen LogP contribution in [0.1, 0.15) is 11.1 Å². The van der Waals surface area contributed by atoms with Crippen molar-refractivity contribution in [2.24, 2.45) is 0 Å². The Balaban J connectivity index is 1.54. The predicted octanol–water partition coefficient (Wildman–Crippen LogP) is 9.03. The molecular weight excluding hydrogens is 448 g/mol. The van der Waals surface area contributed by atoms with Crippen molar-refractivity contribution in [1.29, 1.82) is 5.41 Å². The standard InChI is InChI=1S/C31H24N2OS/c1-2-21-8-5-6-10-28(21)33-25-13-16-31-27(20-25)26-19-23(12-15-30(26)35-31)22-11-14-29(34)24(18-22)9-4-3-7-17-32/h2-20,32-34H,1H2/b7-3-,9-4+,32-17?. The lowest BCUT2D eigenvalue weighted by Gasteiger charge is -2.10. The third-order valence-electron chi connectivity index (χ3n) is 5.88. The summed E-state index contributed by atoms with van der Waals surface area (Å²) < 4.78 is 2.48. The highest BCUT2D eigenvalue weighted by atomic mass is 32.1. The van der Waals surface area contributed by atoms with Gasteiger partial charge in [-0.1, -0.05) is 61.2 Å². The second-order valence-electron chi connectivity index (χ2n) is 8.12. The Hall–Kier alpha value is -4.41. The first kappa shape index (κ1) is 22.4. The van der Waals surface area contributed by atoms with Gasteiger partial charge in [0.25, 0.3) is 0 Å². The molecule has 3 nitrogen and oxygen atoms in total. The van der Waals surface area contributed by atoms with Crippen LogP contribution in [0.2, 0.25) is 0 Å². The van der Waals surface area contributed by atoms with Crippen LogP contribution in [0.15, 0.2) is 104 Å². The number of thiophene rings is 1. The van der Waals surface area contributed by atoms with Gasteiger partial charge in [-0.15, -0.1) is 11.3 Å².